The van der Waals surface area contributed by atoms with Crippen LogP contribution in [0.1, 0.15) is 116 Å². The summed E-state index contributed by atoms with van der Waals surface area (Å²) in [6.45, 7) is 10.5. The Balaban J connectivity index is 0.977. The Morgan fingerprint density at radius 2 is 1.00 bits per heavy atom. The number of carboxylic acid groups (broad SMARTS) is 1. The van der Waals surface area contributed by atoms with E-state index in [2.05, 4.69) is 67.8 Å². The minimum absolute atomic E-state index is 0.0133. The molecule has 3 aromatic heterocycles. The number of para-hydroxylation sites is 2. The van der Waals surface area contributed by atoms with Gasteiger partial charge in [-0.15, -0.1) is 0 Å². The number of hydrogen-bond acceptors (Lipinski definition) is 17. The number of carboxylic acids is 1. The molecule has 33 nitrogen and oxygen atoms in total. The molecule has 2 aliphatic heterocycles. The highest BCUT2D eigenvalue weighted by Crippen LogP contribution is 2.26. The van der Waals surface area contributed by atoms with E-state index in [0.717, 1.165) is 48.1 Å². The molecular formula is C74H99N17O16. The van der Waals surface area contributed by atoms with Gasteiger partial charge in [0.25, 0.3) is 0 Å². The fraction of sp³-hybridized carbons (Fsp3) is 0.486. The molecule has 2 fully saturated rings. The van der Waals surface area contributed by atoms with Gasteiger partial charge in [-0.25, -0.2) is 4.98 Å². The second-order valence-electron chi connectivity index (χ2n) is 28.1. The van der Waals surface area contributed by atoms with Gasteiger partial charge in [0.05, 0.1) is 31.0 Å². The number of H-pyrrole nitrogens is 3. The van der Waals surface area contributed by atoms with Crippen molar-refractivity contribution >= 4 is 98.7 Å². The number of nitrogens with two attached hydrogens (primary N) is 2. The van der Waals surface area contributed by atoms with E-state index in [1.54, 1.807) is 56.6 Å². The van der Waals surface area contributed by atoms with Crippen LogP contribution in [0.25, 0.3) is 21.8 Å². The highest BCUT2D eigenvalue weighted by atomic mass is 16.4. The van der Waals surface area contributed by atoms with Gasteiger partial charge in [-0.2, -0.15) is 0 Å². The summed E-state index contributed by atoms with van der Waals surface area (Å²) in [6, 6.07) is 6.52. The van der Waals surface area contributed by atoms with Crippen LogP contribution in [0.2, 0.25) is 0 Å². The van der Waals surface area contributed by atoms with Crippen LogP contribution in [-0.4, -0.2) is 220 Å². The zero-order valence-electron chi connectivity index (χ0n) is 60.9. The van der Waals surface area contributed by atoms with Crippen LogP contribution in [0.5, 0.6) is 0 Å². The van der Waals surface area contributed by atoms with Gasteiger partial charge in [-0.05, 0) is 100.0 Å². The maximum atomic E-state index is 15.4. The molecule has 8 rings (SSSR count). The fourth-order valence-corrected chi connectivity index (χ4v) is 13.3. The summed E-state index contributed by atoms with van der Waals surface area (Å²) in [5.74, 6) is -12.8. The average Bonchev–Trinajstić information content (AvgIpc) is 1.73. The fourth-order valence-electron chi connectivity index (χ4n) is 13.3. The van der Waals surface area contributed by atoms with Gasteiger partial charge < -0.3 is 99.4 Å². The molecule has 3 aromatic carbocycles. The first-order chi connectivity index (χ1) is 50.9. The zero-order valence-corrected chi connectivity index (χ0v) is 60.9. The van der Waals surface area contributed by atoms with Crippen molar-refractivity contribution in [2.75, 3.05) is 13.1 Å². The number of rotatable bonds is 37. The molecule has 0 spiro atoms. The standard InChI is InChI=1S/C74H99N17O16/c1-8-39(4)60(73(105)91-27-17-25-58(91)69(101)85-55(33-59(76)94)67(99)88-62(42(7)93)71(103)89-61(41(6)92)70(102)81-40(5)74(106)107)87-66(98)53(29-43-18-10-9-11-19-43)83-64(96)52(28-38(2)3)84-68(100)57-24-16-26-90(57)72(104)56(31-45-35-79-51-23-15-13-21-48(45)51)86-65(97)54(32-46-36-77-37-80-46)82-63(95)49(75)30-44-34-78-50-22-14-12-20-47(44)50/h9-15,18-23,34-42,49,52-58,60-62,78-79,92-93H,8,16-17,24-33,75H2,1-7H3,(H2,76,94)(H,77,80)(H,81,102)(H,82,95)(H,83,96)(H,84,100)(H,85,101)(H,86,97)(H,87,98)(H,88,99)(H,89,103)(H,106,107)/t39-,40-,41+,42+,49-,52-,53-,54-,55-,56-,57-,58-,60-,61-,62-/m0/s1. The summed E-state index contributed by atoms with van der Waals surface area (Å²) in [6.07, 6.45) is 3.36. The Labute approximate surface area is 617 Å². The van der Waals surface area contributed by atoms with Crippen LogP contribution >= 0.6 is 0 Å². The molecule has 0 bridgehead atoms. The van der Waals surface area contributed by atoms with Crippen molar-refractivity contribution in [2.45, 2.75) is 204 Å². The summed E-state index contributed by atoms with van der Waals surface area (Å²) >= 11 is 0. The third-order valence-electron chi connectivity index (χ3n) is 19.4. The quantitative estimate of drug-likeness (QED) is 0.0226. The molecule has 19 N–H and O–H groups in total. The molecule has 0 radical (unpaired) electrons. The Bertz CT molecular complexity index is 4140. The summed E-state index contributed by atoms with van der Waals surface area (Å²) in [5, 5.41) is 55.2. The minimum Gasteiger partial charge on any atom is -0.480 e. The van der Waals surface area contributed by atoms with Crippen molar-refractivity contribution in [2.24, 2.45) is 23.3 Å². The average molecular weight is 1480 g/mol. The van der Waals surface area contributed by atoms with E-state index in [-0.39, 0.29) is 70.4 Å². The van der Waals surface area contributed by atoms with Gasteiger partial charge in [-0.3, -0.25) is 62.3 Å². The molecule has 576 valence electrons. The predicted molar refractivity (Wildman–Crippen MR) is 391 cm³/mol. The van der Waals surface area contributed by atoms with E-state index in [1.807, 2.05) is 62.4 Å². The Kier molecular flexibility index (Phi) is 28.8. The van der Waals surface area contributed by atoms with E-state index < -0.39 is 174 Å². The minimum atomic E-state index is -1.90. The lowest BCUT2D eigenvalue weighted by atomic mass is 9.96. The molecule has 107 heavy (non-hydrogen) atoms. The normalized spacial score (nSPS) is 18.0. The summed E-state index contributed by atoms with van der Waals surface area (Å²) in [5.41, 5.74) is 16.2. The molecule has 0 unspecified atom stereocenters. The topological polar surface area (TPSA) is 510 Å². The van der Waals surface area contributed by atoms with Crippen molar-refractivity contribution in [3.63, 3.8) is 0 Å². The number of aromatic nitrogens is 4. The molecule has 2 aliphatic rings. The van der Waals surface area contributed by atoms with Gasteiger partial charge in [0, 0.05) is 78.4 Å². The van der Waals surface area contributed by atoms with Crippen molar-refractivity contribution in [1.82, 2.24) is 77.6 Å². The van der Waals surface area contributed by atoms with Crippen molar-refractivity contribution < 1.29 is 77.6 Å². The Morgan fingerprint density at radius 1 is 0.523 bits per heavy atom. The second kappa shape index (κ2) is 37.8. The number of primary amides is 1. The number of nitrogens with zero attached hydrogens (tertiary/aromatic N) is 3. The number of likely N-dealkylation sites (tertiary alicyclic amines) is 2. The first-order valence-corrected chi connectivity index (χ1v) is 36.0. The highest BCUT2D eigenvalue weighted by Gasteiger charge is 2.44. The summed E-state index contributed by atoms with van der Waals surface area (Å²) in [4.78, 5) is 199. The van der Waals surface area contributed by atoms with E-state index >= 15 is 9.59 Å². The molecule has 12 amide bonds. The highest BCUT2D eigenvalue weighted by molar-refractivity contribution is 6.01. The largest absolute Gasteiger partial charge is 0.480 e. The molecule has 5 heterocycles. The van der Waals surface area contributed by atoms with Crippen LogP contribution < -0.4 is 59.3 Å². The SMILES string of the molecule is CC[C@H](C)[C@H](NC(=O)[C@H](Cc1ccccc1)NC(=O)[C@H](CC(C)C)NC(=O)[C@@H]1CCCN1C(=O)[C@H](Cc1c[nH]c2ccccc12)NC(=O)[C@H](Cc1cnc[nH]1)NC(=O)[C@@H](N)Cc1c[nH]c2ccccc12)C(=O)N1CCC[C@H]1C(=O)N[C@@H](CC(N)=O)C(=O)N[C@H](C(=O)N[C@H](C(=O)N[C@@H](C)C(=O)O)[C@@H](C)O)[C@@H](C)O. The number of aromatic amines is 3. The van der Waals surface area contributed by atoms with E-state index in [9.17, 15) is 68.1 Å². The molecule has 33 heteroatoms. The molecule has 0 aliphatic carbocycles. The number of aliphatic hydroxyl groups is 2. The molecule has 15 atom stereocenters. The third kappa shape index (κ3) is 21.8. The third-order valence-corrected chi connectivity index (χ3v) is 19.4. The smallest absolute Gasteiger partial charge is 0.325 e. The predicted octanol–water partition coefficient (Wildman–Crippen LogP) is -0.851. The molecular weight excluding hydrogens is 1380 g/mol. The van der Waals surface area contributed by atoms with Crippen LogP contribution in [0.4, 0.5) is 0 Å². The number of carbonyl (C=O) groups is 13. The summed E-state index contributed by atoms with van der Waals surface area (Å²) in [7, 11) is 0. The van der Waals surface area contributed by atoms with Gasteiger partial charge >= 0.3 is 5.97 Å². The number of benzene rings is 3. The number of aliphatic hydroxyl groups excluding tert-OH is 2. The van der Waals surface area contributed by atoms with Gasteiger partial charge in [-0.1, -0.05) is 101 Å². The van der Waals surface area contributed by atoms with Crippen molar-refractivity contribution in [3.8, 4) is 0 Å². The lowest BCUT2D eigenvalue weighted by Crippen LogP contribution is -2.63. The molecule has 0 saturated carbocycles. The maximum absolute atomic E-state index is 15.4. The molecule has 6 aromatic rings. The van der Waals surface area contributed by atoms with Crippen molar-refractivity contribution in [3.05, 3.63) is 126 Å². The van der Waals surface area contributed by atoms with E-state index in [1.165, 1.54) is 22.3 Å². The lowest BCUT2D eigenvalue weighted by molar-refractivity contribution is -0.144. The maximum Gasteiger partial charge on any atom is 0.325 e. The number of carbonyl (C=O) groups excluding carboxylic acids is 12. The Hall–Kier alpha value is -11.1. The van der Waals surface area contributed by atoms with Gasteiger partial charge in [0.15, 0.2) is 0 Å². The van der Waals surface area contributed by atoms with Crippen LogP contribution in [-0.2, 0) is 88.0 Å². The van der Waals surface area contributed by atoms with Crippen LogP contribution in [0.15, 0.2) is 104 Å². The van der Waals surface area contributed by atoms with E-state index in [4.69, 9.17) is 11.5 Å². The lowest BCUT2D eigenvalue weighted by Gasteiger charge is -2.33. The van der Waals surface area contributed by atoms with E-state index in [0.29, 0.717) is 29.7 Å². The number of fused-ring (bicyclic) bond motifs is 2. The van der Waals surface area contributed by atoms with Crippen molar-refractivity contribution in [1.29, 1.82) is 0 Å². The zero-order chi connectivity index (χ0) is 77.9. The number of imidazole rings is 1. The summed E-state index contributed by atoms with van der Waals surface area (Å²) < 4.78 is 0. The second-order valence-corrected chi connectivity index (χ2v) is 28.1. The van der Waals surface area contributed by atoms with Gasteiger partial charge in [0.1, 0.15) is 66.5 Å². The van der Waals surface area contributed by atoms with Gasteiger partial charge in [0.2, 0.25) is 70.9 Å². The van der Waals surface area contributed by atoms with Crippen LogP contribution in [0.3, 0.4) is 0 Å². The number of nitrogens with one attached hydrogen (secondary N) is 12. The Morgan fingerprint density at radius 3 is 1.54 bits per heavy atom. The number of aliphatic carboxylic acids is 1. The number of hydrogen-bond donors (Lipinski definition) is 17. The monoisotopic (exact) mass is 1480 g/mol. The molecule has 2 saturated heterocycles. The van der Waals surface area contributed by atoms with Crippen LogP contribution in [0, 0.1) is 11.8 Å². The number of amides is 12. The first kappa shape index (κ1) is 81.6. The first-order valence-electron chi connectivity index (χ1n) is 36.0.